The van der Waals surface area contributed by atoms with Crippen LogP contribution in [-0.2, 0) is 4.79 Å². The van der Waals surface area contributed by atoms with E-state index in [1.165, 1.54) is 6.92 Å². The second kappa shape index (κ2) is 9.00. The van der Waals surface area contributed by atoms with E-state index in [0.717, 1.165) is 16.9 Å². The van der Waals surface area contributed by atoms with Gasteiger partial charge < -0.3 is 24.8 Å². The first-order chi connectivity index (χ1) is 15.4. The van der Waals surface area contributed by atoms with Crippen molar-refractivity contribution in [2.75, 3.05) is 17.3 Å². The molecule has 2 atom stereocenters. The molecular formula is C24H27N5O2S. The van der Waals surface area contributed by atoms with Gasteiger partial charge in [-0.1, -0.05) is 6.07 Å². The summed E-state index contributed by atoms with van der Waals surface area (Å²) in [7, 11) is 1.58. The predicted molar refractivity (Wildman–Crippen MR) is 130 cm³/mol. The average molecular weight is 450 g/mol. The fourth-order valence-electron chi connectivity index (χ4n) is 4.03. The second-order valence-corrected chi connectivity index (χ2v) is 8.43. The lowest BCUT2D eigenvalue weighted by Crippen LogP contribution is -2.29. The van der Waals surface area contributed by atoms with E-state index in [1.807, 2.05) is 36.4 Å². The third kappa shape index (κ3) is 4.18. The van der Waals surface area contributed by atoms with Gasteiger partial charge in [0.25, 0.3) is 0 Å². The maximum atomic E-state index is 11.7. The molecule has 1 saturated heterocycles. The summed E-state index contributed by atoms with van der Waals surface area (Å²) >= 11 is 5.79. The largest absolute Gasteiger partial charge is 0.495 e. The third-order valence-electron chi connectivity index (χ3n) is 5.55. The van der Waals surface area contributed by atoms with Crippen molar-refractivity contribution in [3.05, 3.63) is 72.3 Å². The zero-order valence-electron chi connectivity index (χ0n) is 18.6. The SMILES string of the molecule is COc1ccc(N2C(=S)N[C@@H](c3ccccn3)[C@@H]2c2ccn(C(C)C)c2)cc1NC(C)=O. The summed E-state index contributed by atoms with van der Waals surface area (Å²) in [5.41, 5.74) is 3.49. The maximum Gasteiger partial charge on any atom is 0.221 e. The van der Waals surface area contributed by atoms with Gasteiger partial charge in [-0.25, -0.2) is 0 Å². The minimum atomic E-state index is -0.167. The van der Waals surface area contributed by atoms with Crippen LogP contribution in [0, 0.1) is 0 Å². The monoisotopic (exact) mass is 449 g/mol. The molecule has 1 aliphatic heterocycles. The van der Waals surface area contributed by atoms with Gasteiger partial charge in [-0.05, 0) is 68.0 Å². The summed E-state index contributed by atoms with van der Waals surface area (Å²) in [5, 5.41) is 6.91. The number of rotatable bonds is 6. The van der Waals surface area contributed by atoms with Gasteiger partial charge in [0.15, 0.2) is 5.11 Å². The van der Waals surface area contributed by atoms with Gasteiger partial charge in [0.2, 0.25) is 5.91 Å². The quantitative estimate of drug-likeness (QED) is 0.536. The Labute approximate surface area is 193 Å². The molecule has 0 saturated carbocycles. The first-order valence-corrected chi connectivity index (χ1v) is 10.9. The zero-order chi connectivity index (χ0) is 22.8. The van der Waals surface area contributed by atoms with E-state index in [0.29, 0.717) is 22.6 Å². The summed E-state index contributed by atoms with van der Waals surface area (Å²) in [5.74, 6) is 0.422. The number of anilines is 2. The van der Waals surface area contributed by atoms with Crippen LogP contribution in [0.5, 0.6) is 5.75 Å². The van der Waals surface area contributed by atoms with E-state index in [9.17, 15) is 4.79 Å². The molecular weight excluding hydrogens is 422 g/mol. The van der Waals surface area contributed by atoms with Crippen LogP contribution in [0.4, 0.5) is 11.4 Å². The average Bonchev–Trinajstić information content (AvgIpc) is 3.38. The lowest BCUT2D eigenvalue weighted by Gasteiger charge is -2.28. The molecule has 0 aliphatic carbocycles. The van der Waals surface area contributed by atoms with Gasteiger partial charge in [0.1, 0.15) is 5.75 Å². The molecule has 1 fully saturated rings. The lowest BCUT2D eigenvalue weighted by molar-refractivity contribution is -0.114. The number of aromatic nitrogens is 2. The van der Waals surface area contributed by atoms with Gasteiger partial charge in [0, 0.05) is 37.2 Å². The Hall–Kier alpha value is -3.39. The number of hydrogen-bond acceptors (Lipinski definition) is 4. The minimum Gasteiger partial charge on any atom is -0.495 e. The number of hydrogen-bond donors (Lipinski definition) is 2. The van der Waals surface area contributed by atoms with Crippen molar-refractivity contribution < 1.29 is 9.53 Å². The Kier molecular flexibility index (Phi) is 6.14. The van der Waals surface area contributed by atoms with E-state index in [-0.39, 0.29) is 18.0 Å². The van der Waals surface area contributed by atoms with Crippen molar-refractivity contribution in [3.63, 3.8) is 0 Å². The number of benzene rings is 1. The zero-order valence-corrected chi connectivity index (χ0v) is 19.4. The predicted octanol–water partition coefficient (Wildman–Crippen LogP) is 4.61. The Morgan fingerprint density at radius 1 is 1.25 bits per heavy atom. The number of amides is 1. The van der Waals surface area contributed by atoms with Crippen LogP contribution in [0.15, 0.2) is 61.1 Å². The van der Waals surface area contributed by atoms with E-state index < -0.39 is 0 Å². The molecule has 32 heavy (non-hydrogen) atoms. The topological polar surface area (TPSA) is 71.4 Å². The normalized spacial score (nSPS) is 18.0. The van der Waals surface area contributed by atoms with Crippen molar-refractivity contribution in [1.29, 1.82) is 0 Å². The van der Waals surface area contributed by atoms with Crippen LogP contribution in [-0.4, -0.2) is 27.7 Å². The minimum absolute atomic E-state index is 0.115. The summed E-state index contributed by atoms with van der Waals surface area (Å²) in [4.78, 5) is 18.4. The Balaban J connectivity index is 1.82. The van der Waals surface area contributed by atoms with Crippen molar-refractivity contribution in [2.45, 2.75) is 38.9 Å². The van der Waals surface area contributed by atoms with Crippen molar-refractivity contribution in [2.24, 2.45) is 0 Å². The molecule has 2 N–H and O–H groups in total. The number of nitrogens with one attached hydrogen (secondary N) is 2. The highest BCUT2D eigenvalue weighted by Gasteiger charge is 2.41. The highest BCUT2D eigenvalue weighted by Crippen LogP contribution is 2.43. The molecule has 1 amide bonds. The van der Waals surface area contributed by atoms with E-state index in [4.69, 9.17) is 17.0 Å². The molecule has 0 spiro atoms. The Morgan fingerprint density at radius 3 is 2.69 bits per heavy atom. The highest BCUT2D eigenvalue weighted by molar-refractivity contribution is 7.80. The summed E-state index contributed by atoms with van der Waals surface area (Å²) in [6.07, 6.45) is 6.04. The number of carbonyl (C=O) groups is 1. The van der Waals surface area contributed by atoms with E-state index >= 15 is 0 Å². The molecule has 7 nitrogen and oxygen atoms in total. The first kappa shape index (κ1) is 21.8. The van der Waals surface area contributed by atoms with Crippen LogP contribution < -0.4 is 20.3 Å². The second-order valence-electron chi connectivity index (χ2n) is 8.05. The fourth-order valence-corrected chi connectivity index (χ4v) is 4.38. The molecule has 1 aliphatic rings. The van der Waals surface area contributed by atoms with Crippen LogP contribution >= 0.6 is 12.2 Å². The summed E-state index contributed by atoms with van der Waals surface area (Å²) < 4.78 is 7.61. The molecule has 3 heterocycles. The van der Waals surface area contributed by atoms with Gasteiger partial charge in [-0.15, -0.1) is 0 Å². The molecule has 1 aromatic carbocycles. The summed E-state index contributed by atoms with van der Waals surface area (Å²) in [6, 6.07) is 13.8. The molecule has 166 valence electrons. The standard InChI is InChI=1S/C24H27N5O2S/c1-15(2)28-12-10-17(14-28)23-22(19-7-5-6-11-25-19)27-24(32)29(23)18-8-9-21(31-4)20(13-18)26-16(3)30/h5-15,22-23H,1-4H3,(H,26,30)(H,27,32)/t22-,23-/m0/s1. The summed E-state index contributed by atoms with van der Waals surface area (Å²) in [6.45, 7) is 5.78. The van der Waals surface area contributed by atoms with Crippen LogP contribution in [0.3, 0.4) is 0 Å². The molecule has 8 heteroatoms. The number of ether oxygens (including phenoxy) is 1. The molecule has 4 rings (SSSR count). The van der Waals surface area contributed by atoms with Gasteiger partial charge in [-0.2, -0.15) is 0 Å². The fraction of sp³-hybridized carbons (Fsp3) is 0.292. The lowest BCUT2D eigenvalue weighted by atomic mass is 9.98. The van der Waals surface area contributed by atoms with Crippen LogP contribution in [0.25, 0.3) is 0 Å². The molecule has 0 bridgehead atoms. The molecule has 3 aromatic rings. The smallest absolute Gasteiger partial charge is 0.221 e. The van der Waals surface area contributed by atoms with Crippen LogP contribution in [0.2, 0.25) is 0 Å². The number of carbonyl (C=O) groups excluding carboxylic acids is 1. The molecule has 0 unspecified atom stereocenters. The Morgan fingerprint density at radius 2 is 2.06 bits per heavy atom. The van der Waals surface area contributed by atoms with Gasteiger partial charge in [0.05, 0.1) is 30.6 Å². The third-order valence-corrected chi connectivity index (χ3v) is 5.86. The van der Waals surface area contributed by atoms with E-state index in [2.05, 4.69) is 57.4 Å². The number of nitrogens with zero attached hydrogens (tertiary/aromatic N) is 3. The Bertz CT molecular complexity index is 1130. The molecule has 2 aromatic heterocycles. The van der Waals surface area contributed by atoms with Crippen molar-refractivity contribution in [3.8, 4) is 5.75 Å². The maximum absolute atomic E-state index is 11.7. The van der Waals surface area contributed by atoms with Gasteiger partial charge in [-0.3, -0.25) is 9.78 Å². The number of pyridine rings is 1. The molecule has 0 radical (unpaired) electrons. The van der Waals surface area contributed by atoms with E-state index in [1.54, 1.807) is 13.3 Å². The van der Waals surface area contributed by atoms with Crippen molar-refractivity contribution >= 4 is 34.6 Å². The highest BCUT2D eigenvalue weighted by atomic mass is 32.1. The number of thiocarbonyl (C=S) groups is 1. The van der Waals surface area contributed by atoms with Crippen molar-refractivity contribution in [1.82, 2.24) is 14.9 Å². The van der Waals surface area contributed by atoms with Crippen LogP contribution in [0.1, 0.15) is 50.2 Å². The van der Waals surface area contributed by atoms with Gasteiger partial charge >= 0.3 is 0 Å². The number of methoxy groups -OCH3 is 1. The first-order valence-electron chi connectivity index (χ1n) is 10.5.